The number of likely N-dealkylation sites (N-methyl/N-ethyl adjacent to an activating group) is 1. The first-order chi connectivity index (χ1) is 8.08. The van der Waals surface area contributed by atoms with Gasteiger partial charge in [0.15, 0.2) is 0 Å². The average Bonchev–Trinajstić information content (AvgIpc) is 2.79. The highest BCUT2D eigenvalue weighted by atomic mass is 15.3. The van der Waals surface area contributed by atoms with Gasteiger partial charge in [-0.25, -0.2) is 0 Å². The number of quaternary nitrogens is 1. The van der Waals surface area contributed by atoms with Gasteiger partial charge in [0, 0.05) is 5.41 Å². The van der Waals surface area contributed by atoms with E-state index in [1.807, 2.05) is 0 Å². The molecule has 1 fully saturated rings. The maximum Gasteiger partial charge on any atom is 0.0880 e. The van der Waals surface area contributed by atoms with Gasteiger partial charge in [0.1, 0.15) is 0 Å². The largest absolute Gasteiger partial charge is 0.328 e. The molecule has 0 atom stereocenters. The zero-order chi connectivity index (χ0) is 12.4. The number of hydrogen-bond acceptors (Lipinski definition) is 0. The number of benzene rings is 1. The predicted octanol–water partition coefficient (Wildman–Crippen LogP) is 3.59. The molecular formula is C16H26N+. The average molecular weight is 232 g/mol. The lowest BCUT2D eigenvalue weighted by Gasteiger charge is -2.39. The first-order valence-electron chi connectivity index (χ1n) is 6.96. The van der Waals surface area contributed by atoms with E-state index in [1.165, 1.54) is 38.8 Å². The topological polar surface area (TPSA) is 0 Å². The fraction of sp³-hybridized carbons (Fsp3) is 0.625. The van der Waals surface area contributed by atoms with E-state index >= 15 is 0 Å². The monoisotopic (exact) mass is 232 g/mol. The highest BCUT2D eigenvalue weighted by molar-refractivity contribution is 5.26. The van der Waals surface area contributed by atoms with Crippen molar-refractivity contribution in [2.24, 2.45) is 0 Å². The van der Waals surface area contributed by atoms with Crippen molar-refractivity contribution in [2.45, 2.75) is 38.0 Å². The summed E-state index contributed by atoms with van der Waals surface area (Å²) in [5, 5.41) is 0. The van der Waals surface area contributed by atoms with Gasteiger partial charge in [0.2, 0.25) is 0 Å². The molecule has 0 saturated heterocycles. The molecule has 0 spiro atoms. The van der Waals surface area contributed by atoms with E-state index in [0.717, 1.165) is 4.48 Å². The van der Waals surface area contributed by atoms with Gasteiger partial charge in [-0.1, -0.05) is 43.2 Å². The highest BCUT2D eigenvalue weighted by Crippen LogP contribution is 2.42. The van der Waals surface area contributed by atoms with Crippen LogP contribution in [0.15, 0.2) is 30.3 Å². The molecule has 94 valence electrons. The summed E-state index contributed by atoms with van der Waals surface area (Å²) in [5.41, 5.74) is 2.01. The number of rotatable bonds is 4. The van der Waals surface area contributed by atoms with Crippen LogP contribution in [0.1, 0.15) is 38.2 Å². The lowest BCUT2D eigenvalue weighted by Crippen LogP contribution is -2.49. The minimum atomic E-state index is 0.445. The van der Waals surface area contributed by atoms with Gasteiger partial charge in [-0.3, -0.25) is 0 Å². The van der Waals surface area contributed by atoms with Gasteiger partial charge < -0.3 is 4.48 Å². The van der Waals surface area contributed by atoms with E-state index in [4.69, 9.17) is 0 Å². The van der Waals surface area contributed by atoms with E-state index in [2.05, 4.69) is 51.4 Å². The van der Waals surface area contributed by atoms with Crippen molar-refractivity contribution in [1.82, 2.24) is 0 Å². The summed E-state index contributed by atoms with van der Waals surface area (Å²) < 4.78 is 1.13. The van der Waals surface area contributed by atoms with Crippen molar-refractivity contribution in [3.05, 3.63) is 35.9 Å². The van der Waals surface area contributed by atoms with Gasteiger partial charge in [-0.2, -0.15) is 0 Å². The summed E-state index contributed by atoms with van der Waals surface area (Å²) in [4.78, 5) is 0. The van der Waals surface area contributed by atoms with Crippen LogP contribution in [-0.4, -0.2) is 31.7 Å². The van der Waals surface area contributed by atoms with Gasteiger partial charge in [-0.05, 0) is 25.3 Å². The minimum absolute atomic E-state index is 0.445. The molecule has 1 aromatic carbocycles. The van der Waals surface area contributed by atoms with Gasteiger partial charge in [0.25, 0.3) is 0 Å². The summed E-state index contributed by atoms with van der Waals surface area (Å²) in [6, 6.07) is 11.2. The van der Waals surface area contributed by atoms with Crippen LogP contribution < -0.4 is 0 Å². The van der Waals surface area contributed by atoms with Crippen molar-refractivity contribution < 1.29 is 4.48 Å². The van der Waals surface area contributed by atoms with Crippen LogP contribution in [0.4, 0.5) is 0 Å². The Bertz CT molecular complexity index is 347. The summed E-state index contributed by atoms with van der Waals surface area (Å²) in [6.07, 6.45) is 5.55. The lowest BCUT2D eigenvalue weighted by atomic mass is 9.78. The second-order valence-electron chi connectivity index (χ2n) is 6.26. The smallest absolute Gasteiger partial charge is 0.0880 e. The Morgan fingerprint density at radius 2 is 1.65 bits per heavy atom. The Balaban J connectivity index is 2.28. The standard InChI is InChI=1S/C16H26N/c1-4-17(2,3)14-16(12-8-9-13-16)15-10-6-5-7-11-15/h5-7,10-11H,4,8-9,12-14H2,1-3H3/q+1. The van der Waals surface area contributed by atoms with Crippen LogP contribution in [0.2, 0.25) is 0 Å². The Morgan fingerprint density at radius 3 is 2.18 bits per heavy atom. The lowest BCUT2D eigenvalue weighted by molar-refractivity contribution is -0.892. The van der Waals surface area contributed by atoms with Crippen LogP contribution in [0.25, 0.3) is 0 Å². The fourth-order valence-corrected chi connectivity index (χ4v) is 3.31. The summed E-state index contributed by atoms with van der Waals surface area (Å²) in [6.45, 7) is 4.80. The van der Waals surface area contributed by atoms with E-state index in [0.29, 0.717) is 5.41 Å². The molecule has 0 heterocycles. The first kappa shape index (κ1) is 12.6. The summed E-state index contributed by atoms with van der Waals surface area (Å²) in [5.74, 6) is 0. The molecule has 0 bridgehead atoms. The van der Waals surface area contributed by atoms with Crippen molar-refractivity contribution >= 4 is 0 Å². The molecule has 1 aliphatic rings. The van der Waals surface area contributed by atoms with Gasteiger partial charge in [-0.15, -0.1) is 0 Å². The number of hydrogen-bond donors (Lipinski definition) is 0. The highest BCUT2D eigenvalue weighted by Gasteiger charge is 2.40. The molecule has 17 heavy (non-hydrogen) atoms. The predicted molar refractivity (Wildman–Crippen MR) is 74.1 cm³/mol. The zero-order valence-corrected chi connectivity index (χ0v) is 11.6. The van der Waals surface area contributed by atoms with Crippen molar-refractivity contribution in [3.63, 3.8) is 0 Å². The normalized spacial score (nSPS) is 19.5. The summed E-state index contributed by atoms with van der Waals surface area (Å²) >= 11 is 0. The second kappa shape index (κ2) is 4.81. The van der Waals surface area contributed by atoms with Gasteiger partial charge in [0.05, 0.1) is 27.2 Å². The second-order valence-corrected chi connectivity index (χ2v) is 6.26. The molecule has 0 amide bonds. The summed E-state index contributed by atoms with van der Waals surface area (Å²) in [7, 11) is 4.73. The Kier molecular flexibility index (Phi) is 3.58. The molecule has 2 rings (SSSR count). The van der Waals surface area contributed by atoms with Crippen molar-refractivity contribution in [3.8, 4) is 0 Å². The zero-order valence-electron chi connectivity index (χ0n) is 11.6. The SMILES string of the molecule is CC[N+](C)(C)CC1(c2ccccc2)CCCC1. The molecule has 0 N–H and O–H groups in total. The molecule has 1 aromatic rings. The molecule has 1 heteroatoms. The van der Waals surface area contributed by atoms with Crippen molar-refractivity contribution in [1.29, 1.82) is 0 Å². The van der Waals surface area contributed by atoms with Crippen LogP contribution in [-0.2, 0) is 5.41 Å². The maximum absolute atomic E-state index is 2.36. The maximum atomic E-state index is 2.36. The third kappa shape index (κ3) is 2.71. The molecule has 0 radical (unpaired) electrons. The quantitative estimate of drug-likeness (QED) is 0.696. The van der Waals surface area contributed by atoms with E-state index < -0.39 is 0 Å². The minimum Gasteiger partial charge on any atom is -0.328 e. The third-order valence-corrected chi connectivity index (χ3v) is 4.53. The molecule has 1 nitrogen and oxygen atoms in total. The molecule has 0 aromatic heterocycles. The fourth-order valence-electron chi connectivity index (χ4n) is 3.31. The van der Waals surface area contributed by atoms with Crippen LogP contribution in [0.5, 0.6) is 0 Å². The van der Waals surface area contributed by atoms with Crippen LogP contribution >= 0.6 is 0 Å². The Hall–Kier alpha value is -0.820. The first-order valence-corrected chi connectivity index (χ1v) is 6.96. The van der Waals surface area contributed by atoms with Crippen LogP contribution in [0, 0.1) is 0 Å². The Labute approximate surface area is 106 Å². The molecule has 1 aliphatic carbocycles. The molecular weight excluding hydrogens is 206 g/mol. The molecule has 0 aliphatic heterocycles. The van der Waals surface area contributed by atoms with Crippen LogP contribution in [0.3, 0.4) is 0 Å². The van der Waals surface area contributed by atoms with E-state index in [-0.39, 0.29) is 0 Å². The molecule has 0 unspecified atom stereocenters. The Morgan fingerprint density at radius 1 is 1.06 bits per heavy atom. The third-order valence-electron chi connectivity index (χ3n) is 4.53. The van der Waals surface area contributed by atoms with E-state index in [1.54, 1.807) is 5.56 Å². The number of nitrogens with zero attached hydrogens (tertiary/aromatic N) is 1. The van der Waals surface area contributed by atoms with Crippen molar-refractivity contribution in [2.75, 3.05) is 27.2 Å². The van der Waals surface area contributed by atoms with E-state index in [9.17, 15) is 0 Å². The van der Waals surface area contributed by atoms with Gasteiger partial charge >= 0.3 is 0 Å². The molecule has 1 saturated carbocycles.